The molecule has 27 heavy (non-hydrogen) atoms. The number of benzene rings is 1. The third-order valence-corrected chi connectivity index (χ3v) is 4.77. The maximum absolute atomic E-state index is 12.6. The summed E-state index contributed by atoms with van der Waals surface area (Å²) in [7, 11) is 1.65. The van der Waals surface area contributed by atoms with Gasteiger partial charge < -0.3 is 4.74 Å². The number of anilines is 1. The highest BCUT2D eigenvalue weighted by Crippen LogP contribution is 2.23. The molecular weight excluding hydrogens is 368 g/mol. The Morgan fingerprint density at radius 2 is 2.11 bits per heavy atom. The van der Waals surface area contributed by atoms with Gasteiger partial charge in [-0.15, -0.1) is 0 Å². The van der Waals surface area contributed by atoms with Crippen LogP contribution in [-0.2, 0) is 11.8 Å². The van der Waals surface area contributed by atoms with Gasteiger partial charge in [-0.25, -0.2) is 9.78 Å². The third kappa shape index (κ3) is 3.63. The fraction of sp³-hybridized carbons (Fsp3) is 0.167. The number of esters is 1. The van der Waals surface area contributed by atoms with E-state index in [0.717, 1.165) is 11.3 Å². The van der Waals surface area contributed by atoms with Crippen molar-refractivity contribution in [3.63, 3.8) is 0 Å². The molecule has 0 saturated carbocycles. The Bertz CT molecular complexity index is 1120. The van der Waals surface area contributed by atoms with Crippen molar-refractivity contribution in [3.8, 4) is 0 Å². The number of rotatable bonds is 5. The van der Waals surface area contributed by atoms with E-state index in [1.165, 1.54) is 10.8 Å². The third-order valence-electron chi connectivity index (χ3n) is 3.71. The van der Waals surface area contributed by atoms with Crippen LogP contribution in [0, 0.1) is 6.92 Å². The van der Waals surface area contributed by atoms with E-state index < -0.39 is 17.3 Å². The molecule has 138 valence electrons. The standard InChI is InChI=1S/C18H16N4O4S/c1-4-9-26-17(25)15-10(2)19-18(27-15)20-16(24)13-14(23)11-7-5-6-8-12(11)22(3)21-13/h4-8H,1,9H2,2-3H3,(H,19,20,24). The molecule has 8 nitrogen and oxygen atoms in total. The van der Waals surface area contributed by atoms with E-state index in [2.05, 4.69) is 22.0 Å². The van der Waals surface area contributed by atoms with E-state index in [4.69, 9.17) is 4.74 Å². The lowest BCUT2D eigenvalue weighted by Crippen LogP contribution is -2.26. The summed E-state index contributed by atoms with van der Waals surface area (Å²) >= 11 is 0.966. The Morgan fingerprint density at radius 1 is 1.37 bits per heavy atom. The average Bonchev–Trinajstić information content (AvgIpc) is 3.02. The van der Waals surface area contributed by atoms with Crippen LogP contribution in [0.25, 0.3) is 10.9 Å². The van der Waals surface area contributed by atoms with Gasteiger partial charge in [0.1, 0.15) is 11.5 Å². The number of hydrogen-bond donors (Lipinski definition) is 1. The van der Waals surface area contributed by atoms with Gasteiger partial charge >= 0.3 is 5.97 Å². The number of fused-ring (bicyclic) bond motifs is 1. The van der Waals surface area contributed by atoms with Crippen LogP contribution >= 0.6 is 11.3 Å². The predicted octanol–water partition coefficient (Wildman–Crippen LogP) is 2.29. The van der Waals surface area contributed by atoms with Gasteiger partial charge in [-0.1, -0.05) is 36.1 Å². The molecule has 0 aliphatic rings. The smallest absolute Gasteiger partial charge is 0.350 e. The van der Waals surface area contributed by atoms with Crippen molar-refractivity contribution in [3.05, 3.63) is 63.4 Å². The number of aryl methyl sites for hydroxylation is 2. The van der Waals surface area contributed by atoms with Crippen LogP contribution < -0.4 is 10.7 Å². The van der Waals surface area contributed by atoms with Gasteiger partial charge in [0.25, 0.3) is 5.91 Å². The molecule has 1 N–H and O–H groups in total. The molecule has 0 fully saturated rings. The first kappa shape index (κ1) is 18.5. The Labute approximate surface area is 158 Å². The predicted molar refractivity (Wildman–Crippen MR) is 102 cm³/mol. The zero-order valence-electron chi connectivity index (χ0n) is 14.7. The monoisotopic (exact) mass is 384 g/mol. The fourth-order valence-electron chi connectivity index (χ4n) is 2.47. The molecule has 1 aromatic carbocycles. The number of amides is 1. The number of nitrogens with one attached hydrogen (secondary N) is 1. The van der Waals surface area contributed by atoms with Gasteiger partial charge in [-0.05, 0) is 19.1 Å². The van der Waals surface area contributed by atoms with Gasteiger partial charge in [0.05, 0.1) is 11.2 Å². The largest absolute Gasteiger partial charge is 0.457 e. The molecule has 1 amide bonds. The van der Waals surface area contributed by atoms with Gasteiger partial charge in [-0.3, -0.25) is 19.6 Å². The number of thiazole rings is 1. The highest BCUT2D eigenvalue weighted by atomic mass is 32.1. The molecule has 0 spiro atoms. The Kier molecular flexibility index (Phi) is 5.13. The lowest BCUT2D eigenvalue weighted by molar-refractivity contribution is 0.0554. The minimum absolute atomic E-state index is 0.0783. The van der Waals surface area contributed by atoms with Crippen LogP contribution in [0.2, 0.25) is 0 Å². The van der Waals surface area contributed by atoms with Gasteiger partial charge in [0, 0.05) is 12.4 Å². The molecule has 0 saturated heterocycles. The summed E-state index contributed by atoms with van der Waals surface area (Å²) < 4.78 is 6.45. The van der Waals surface area contributed by atoms with E-state index in [-0.39, 0.29) is 22.3 Å². The Hall–Kier alpha value is -3.33. The molecule has 9 heteroatoms. The fourth-order valence-corrected chi connectivity index (χ4v) is 3.32. The number of para-hydroxylation sites is 1. The minimum Gasteiger partial charge on any atom is -0.457 e. The summed E-state index contributed by atoms with van der Waals surface area (Å²) in [6.45, 7) is 5.19. The second kappa shape index (κ2) is 7.50. The quantitative estimate of drug-likeness (QED) is 0.535. The summed E-state index contributed by atoms with van der Waals surface area (Å²) in [5, 5.41) is 7.17. The van der Waals surface area contributed by atoms with Crippen molar-refractivity contribution in [2.45, 2.75) is 6.92 Å². The molecular formula is C18H16N4O4S. The second-order valence-corrected chi connectivity index (χ2v) is 6.59. The normalized spacial score (nSPS) is 10.6. The second-order valence-electron chi connectivity index (χ2n) is 5.59. The van der Waals surface area contributed by atoms with Crippen LogP contribution in [0.3, 0.4) is 0 Å². The van der Waals surface area contributed by atoms with Crippen molar-refractivity contribution in [2.75, 3.05) is 11.9 Å². The number of hydrogen-bond acceptors (Lipinski definition) is 7. The lowest BCUT2D eigenvalue weighted by atomic mass is 10.2. The Morgan fingerprint density at radius 3 is 2.85 bits per heavy atom. The average molecular weight is 384 g/mol. The van der Waals surface area contributed by atoms with E-state index >= 15 is 0 Å². The van der Waals surface area contributed by atoms with Crippen molar-refractivity contribution in [2.24, 2.45) is 7.05 Å². The maximum atomic E-state index is 12.6. The van der Waals surface area contributed by atoms with Gasteiger partial charge in [0.15, 0.2) is 10.8 Å². The lowest BCUT2D eigenvalue weighted by Gasteiger charge is -2.07. The van der Waals surface area contributed by atoms with Crippen molar-refractivity contribution in [1.29, 1.82) is 0 Å². The summed E-state index contributed by atoms with van der Waals surface area (Å²) in [4.78, 5) is 41.5. The molecule has 0 radical (unpaired) electrons. The van der Waals surface area contributed by atoms with Crippen LogP contribution in [0.1, 0.15) is 25.9 Å². The van der Waals surface area contributed by atoms with E-state index in [9.17, 15) is 14.4 Å². The zero-order valence-corrected chi connectivity index (χ0v) is 15.5. The summed E-state index contributed by atoms with van der Waals surface area (Å²) in [5.41, 5.74) is 0.320. The minimum atomic E-state index is -0.693. The molecule has 0 bridgehead atoms. The van der Waals surface area contributed by atoms with Crippen LogP contribution in [0.15, 0.2) is 41.7 Å². The maximum Gasteiger partial charge on any atom is 0.350 e. The van der Waals surface area contributed by atoms with Gasteiger partial charge in [0.2, 0.25) is 5.43 Å². The van der Waals surface area contributed by atoms with Crippen LogP contribution in [-0.4, -0.2) is 33.2 Å². The first-order valence-electron chi connectivity index (χ1n) is 7.95. The molecule has 0 aliphatic heterocycles. The number of aromatic nitrogens is 3. The Balaban J connectivity index is 1.89. The summed E-state index contributed by atoms with van der Waals surface area (Å²) in [5.74, 6) is -1.24. The zero-order chi connectivity index (χ0) is 19.6. The van der Waals surface area contributed by atoms with Crippen molar-refractivity contribution in [1.82, 2.24) is 14.8 Å². The highest BCUT2D eigenvalue weighted by Gasteiger charge is 2.21. The number of carbonyl (C=O) groups excluding carboxylic acids is 2. The first-order valence-corrected chi connectivity index (χ1v) is 8.77. The highest BCUT2D eigenvalue weighted by molar-refractivity contribution is 7.17. The van der Waals surface area contributed by atoms with E-state index in [1.807, 2.05) is 0 Å². The summed E-state index contributed by atoms with van der Waals surface area (Å²) in [6, 6.07) is 6.89. The van der Waals surface area contributed by atoms with Crippen LogP contribution in [0.4, 0.5) is 5.13 Å². The topological polar surface area (TPSA) is 103 Å². The number of nitrogens with zero attached hydrogens (tertiary/aromatic N) is 3. The number of ether oxygens (including phenoxy) is 1. The van der Waals surface area contributed by atoms with Crippen molar-refractivity contribution < 1.29 is 14.3 Å². The molecule has 0 unspecified atom stereocenters. The molecule has 0 atom stereocenters. The van der Waals surface area contributed by atoms with Crippen molar-refractivity contribution >= 4 is 39.2 Å². The molecule has 3 rings (SSSR count). The van der Waals surface area contributed by atoms with E-state index in [0.29, 0.717) is 16.6 Å². The molecule has 0 aliphatic carbocycles. The summed E-state index contributed by atoms with van der Waals surface area (Å²) in [6.07, 6.45) is 1.46. The molecule has 3 aromatic rings. The van der Waals surface area contributed by atoms with Crippen LogP contribution in [0.5, 0.6) is 0 Å². The first-order chi connectivity index (χ1) is 12.9. The SMILES string of the molecule is C=CCOC(=O)c1sc(NC(=O)c2nn(C)c3ccccc3c2=O)nc1C. The van der Waals surface area contributed by atoms with E-state index in [1.54, 1.807) is 38.2 Å². The molecule has 2 heterocycles. The number of carbonyl (C=O) groups is 2. The molecule has 2 aromatic heterocycles. The van der Waals surface area contributed by atoms with Gasteiger partial charge in [-0.2, -0.15) is 5.10 Å².